The van der Waals surface area contributed by atoms with E-state index in [0.29, 0.717) is 18.2 Å². The fourth-order valence-corrected chi connectivity index (χ4v) is 2.00. The maximum atomic E-state index is 13.4. The Morgan fingerprint density at radius 3 is 2.94 bits per heavy atom. The van der Waals surface area contributed by atoms with Gasteiger partial charge in [-0.15, -0.1) is 0 Å². The molecule has 0 spiro atoms. The molecule has 2 nitrogen and oxygen atoms in total. The second-order valence-electron chi connectivity index (χ2n) is 4.18. The van der Waals surface area contributed by atoms with Crippen molar-refractivity contribution in [1.29, 1.82) is 0 Å². The van der Waals surface area contributed by atoms with Crippen LogP contribution in [0.4, 0.5) is 4.39 Å². The minimum absolute atomic E-state index is 0.189. The van der Waals surface area contributed by atoms with Crippen molar-refractivity contribution >= 4 is 16.7 Å². The summed E-state index contributed by atoms with van der Waals surface area (Å²) in [7, 11) is 0. The maximum absolute atomic E-state index is 13.4. The molecule has 0 radical (unpaired) electrons. The van der Waals surface area contributed by atoms with Gasteiger partial charge < -0.3 is 4.57 Å². The molecule has 0 bridgehead atoms. The lowest BCUT2D eigenvalue weighted by Gasteiger charge is -2.04. The fourth-order valence-electron chi connectivity index (χ4n) is 2.00. The number of rotatable bonds is 5. The van der Waals surface area contributed by atoms with E-state index in [2.05, 4.69) is 0 Å². The Morgan fingerprint density at radius 2 is 2.18 bits per heavy atom. The second kappa shape index (κ2) is 5.13. The van der Waals surface area contributed by atoms with Crippen molar-refractivity contribution in [2.45, 2.75) is 32.7 Å². The highest BCUT2D eigenvalue weighted by Crippen LogP contribution is 2.19. The van der Waals surface area contributed by atoms with Crippen molar-refractivity contribution in [3.8, 4) is 0 Å². The molecule has 0 N–H and O–H groups in total. The van der Waals surface area contributed by atoms with Gasteiger partial charge in [0.1, 0.15) is 11.6 Å². The van der Waals surface area contributed by atoms with Crippen LogP contribution in [0.1, 0.15) is 26.2 Å². The average molecular weight is 233 g/mol. The predicted molar refractivity (Wildman–Crippen MR) is 66.4 cm³/mol. The van der Waals surface area contributed by atoms with Crippen molar-refractivity contribution in [2.24, 2.45) is 0 Å². The molecule has 1 aromatic heterocycles. The summed E-state index contributed by atoms with van der Waals surface area (Å²) >= 11 is 0. The van der Waals surface area contributed by atoms with Gasteiger partial charge in [0, 0.05) is 31.0 Å². The molecule has 0 unspecified atom stereocenters. The van der Waals surface area contributed by atoms with E-state index in [4.69, 9.17) is 0 Å². The van der Waals surface area contributed by atoms with E-state index >= 15 is 0 Å². The van der Waals surface area contributed by atoms with E-state index in [1.54, 1.807) is 12.1 Å². The van der Waals surface area contributed by atoms with Crippen LogP contribution in [0.2, 0.25) is 0 Å². The normalized spacial score (nSPS) is 10.9. The van der Waals surface area contributed by atoms with E-state index < -0.39 is 0 Å². The predicted octanol–water partition coefficient (Wildman–Crippen LogP) is 3.54. The maximum Gasteiger partial charge on any atom is 0.132 e. The molecule has 0 aliphatic rings. The zero-order valence-electron chi connectivity index (χ0n) is 9.95. The van der Waals surface area contributed by atoms with E-state index in [0.717, 1.165) is 18.5 Å². The van der Waals surface area contributed by atoms with Crippen molar-refractivity contribution in [3.63, 3.8) is 0 Å². The molecule has 90 valence electrons. The van der Waals surface area contributed by atoms with Crippen LogP contribution < -0.4 is 0 Å². The van der Waals surface area contributed by atoms with Crippen LogP contribution in [-0.4, -0.2) is 10.4 Å². The number of nitrogens with zero attached hydrogens (tertiary/aromatic N) is 1. The van der Waals surface area contributed by atoms with Gasteiger partial charge in [-0.2, -0.15) is 0 Å². The summed E-state index contributed by atoms with van der Waals surface area (Å²) in [5.74, 6) is 0.0959. The standard InChI is InChI=1S/C14H16FNO/c1-2-11(17)5-4-9-16-10-8-12-13(15)6-3-7-14(12)16/h3,6-8,10H,2,4-5,9H2,1H3. The Bertz CT molecular complexity index is 530. The second-order valence-corrected chi connectivity index (χ2v) is 4.18. The summed E-state index contributed by atoms with van der Waals surface area (Å²) in [6.45, 7) is 2.64. The number of carbonyl (C=O) groups excluding carboxylic acids is 1. The summed E-state index contributed by atoms with van der Waals surface area (Å²) in [6, 6.07) is 6.87. The van der Waals surface area contributed by atoms with Crippen LogP contribution in [0.25, 0.3) is 10.9 Å². The monoisotopic (exact) mass is 233 g/mol. The smallest absolute Gasteiger partial charge is 0.132 e. The zero-order chi connectivity index (χ0) is 12.3. The highest BCUT2D eigenvalue weighted by Gasteiger charge is 2.05. The number of aryl methyl sites for hydroxylation is 1. The Balaban J connectivity index is 2.09. The number of aromatic nitrogens is 1. The quantitative estimate of drug-likeness (QED) is 0.774. The molecule has 2 aromatic rings. The molecule has 0 saturated heterocycles. The minimum atomic E-state index is -0.189. The third-order valence-electron chi connectivity index (χ3n) is 3.01. The third-order valence-corrected chi connectivity index (χ3v) is 3.01. The molecule has 1 heterocycles. The highest BCUT2D eigenvalue weighted by atomic mass is 19.1. The minimum Gasteiger partial charge on any atom is -0.347 e. The van der Waals surface area contributed by atoms with Crippen LogP contribution in [0, 0.1) is 5.82 Å². The molecular formula is C14H16FNO. The molecule has 2 rings (SSSR count). The zero-order valence-corrected chi connectivity index (χ0v) is 9.95. The van der Waals surface area contributed by atoms with E-state index in [1.807, 2.05) is 23.8 Å². The molecule has 0 saturated carbocycles. The van der Waals surface area contributed by atoms with Crippen LogP contribution in [0.5, 0.6) is 0 Å². The number of fused-ring (bicyclic) bond motifs is 1. The first-order chi connectivity index (χ1) is 8.22. The number of halogens is 1. The van der Waals surface area contributed by atoms with Gasteiger partial charge in [0.15, 0.2) is 0 Å². The molecule has 0 fully saturated rings. The number of carbonyl (C=O) groups is 1. The van der Waals surface area contributed by atoms with Crippen molar-refractivity contribution in [1.82, 2.24) is 4.57 Å². The Morgan fingerprint density at radius 1 is 1.35 bits per heavy atom. The first-order valence-electron chi connectivity index (χ1n) is 5.97. The number of hydrogen-bond donors (Lipinski definition) is 0. The summed E-state index contributed by atoms with van der Waals surface area (Å²) in [5.41, 5.74) is 0.897. The van der Waals surface area contributed by atoms with Crippen LogP contribution in [0.15, 0.2) is 30.5 Å². The van der Waals surface area contributed by atoms with Gasteiger partial charge in [-0.1, -0.05) is 13.0 Å². The fraction of sp³-hybridized carbons (Fsp3) is 0.357. The van der Waals surface area contributed by atoms with Crippen LogP contribution >= 0.6 is 0 Å². The van der Waals surface area contributed by atoms with Gasteiger partial charge in [0.2, 0.25) is 0 Å². The molecule has 17 heavy (non-hydrogen) atoms. The molecule has 0 atom stereocenters. The number of ketones is 1. The molecule has 1 aromatic carbocycles. The highest BCUT2D eigenvalue weighted by molar-refractivity contribution is 5.80. The van der Waals surface area contributed by atoms with Crippen molar-refractivity contribution < 1.29 is 9.18 Å². The lowest BCUT2D eigenvalue weighted by atomic mass is 10.2. The van der Waals surface area contributed by atoms with Gasteiger partial charge in [0.25, 0.3) is 0 Å². The lowest BCUT2D eigenvalue weighted by molar-refractivity contribution is -0.118. The summed E-state index contributed by atoms with van der Waals surface area (Å²) in [5, 5.41) is 0.648. The van der Waals surface area contributed by atoms with Gasteiger partial charge in [0.05, 0.1) is 5.52 Å². The van der Waals surface area contributed by atoms with E-state index in [-0.39, 0.29) is 11.6 Å². The topological polar surface area (TPSA) is 22.0 Å². The largest absolute Gasteiger partial charge is 0.347 e. The van der Waals surface area contributed by atoms with E-state index in [9.17, 15) is 9.18 Å². The molecule has 3 heteroatoms. The van der Waals surface area contributed by atoms with Gasteiger partial charge in [-0.25, -0.2) is 4.39 Å². The summed E-state index contributed by atoms with van der Waals surface area (Å²) in [4.78, 5) is 11.2. The molecule has 0 amide bonds. The average Bonchev–Trinajstić information content (AvgIpc) is 2.74. The van der Waals surface area contributed by atoms with Crippen molar-refractivity contribution in [2.75, 3.05) is 0 Å². The van der Waals surface area contributed by atoms with Crippen LogP contribution in [-0.2, 0) is 11.3 Å². The third kappa shape index (κ3) is 2.54. The first kappa shape index (κ1) is 11.8. The number of hydrogen-bond acceptors (Lipinski definition) is 1. The Labute approximate surface area is 100 Å². The molecule has 0 aliphatic heterocycles. The van der Waals surface area contributed by atoms with Crippen molar-refractivity contribution in [3.05, 3.63) is 36.3 Å². The number of Topliss-reactive ketones (excluding diaryl/α,β-unsaturated/α-hetero) is 1. The van der Waals surface area contributed by atoms with E-state index in [1.165, 1.54) is 6.07 Å². The Kier molecular flexibility index (Phi) is 3.57. The Hall–Kier alpha value is -1.64. The van der Waals surface area contributed by atoms with Gasteiger partial charge in [-0.05, 0) is 24.6 Å². The SMILES string of the molecule is CCC(=O)CCCn1ccc2c(F)cccc21. The molecule has 0 aliphatic carbocycles. The van der Waals surface area contributed by atoms with Gasteiger partial charge in [-0.3, -0.25) is 4.79 Å². The van der Waals surface area contributed by atoms with Gasteiger partial charge >= 0.3 is 0 Å². The summed E-state index contributed by atoms with van der Waals surface area (Å²) < 4.78 is 15.4. The first-order valence-corrected chi connectivity index (χ1v) is 5.97. The number of benzene rings is 1. The molecular weight excluding hydrogens is 217 g/mol. The lowest BCUT2D eigenvalue weighted by Crippen LogP contribution is -2.00. The summed E-state index contributed by atoms with van der Waals surface area (Å²) in [6.07, 6.45) is 3.89. The van der Waals surface area contributed by atoms with Crippen LogP contribution in [0.3, 0.4) is 0 Å².